The molecule has 136 valence electrons. The Labute approximate surface area is 145 Å². The smallest absolute Gasteiger partial charge is 0.191 e. The van der Waals surface area contributed by atoms with Gasteiger partial charge in [-0.05, 0) is 38.5 Å². The molecule has 1 aromatic heterocycles. The molecule has 1 atom stereocenters. The van der Waals surface area contributed by atoms with Gasteiger partial charge in [0.25, 0.3) is 0 Å². The Bertz CT molecular complexity index is 529. The van der Waals surface area contributed by atoms with Gasteiger partial charge in [0, 0.05) is 31.9 Å². The van der Waals surface area contributed by atoms with Gasteiger partial charge in [-0.2, -0.15) is 5.10 Å². The Morgan fingerprint density at radius 2 is 2.08 bits per heavy atom. The Morgan fingerprint density at radius 1 is 1.38 bits per heavy atom. The van der Waals surface area contributed by atoms with Gasteiger partial charge in [0.15, 0.2) is 5.96 Å². The van der Waals surface area contributed by atoms with E-state index in [0.717, 1.165) is 36.4 Å². The summed E-state index contributed by atoms with van der Waals surface area (Å²) in [5.41, 5.74) is -0.234. The molecule has 0 aliphatic heterocycles. The van der Waals surface area contributed by atoms with E-state index < -0.39 is 5.60 Å². The van der Waals surface area contributed by atoms with Crippen molar-refractivity contribution < 1.29 is 5.11 Å². The van der Waals surface area contributed by atoms with Crippen LogP contribution < -0.4 is 10.6 Å². The Balaban J connectivity index is 1.90. The number of hydrogen-bond acceptors (Lipinski definition) is 3. The van der Waals surface area contributed by atoms with Crippen LogP contribution in [0.1, 0.15) is 52.0 Å². The first-order valence-corrected chi connectivity index (χ1v) is 9.14. The SMILES string of the molecule is CCNC(=NCC(C)(O)c1cnn(C)c1)NCC1CCC(C)CC1. The van der Waals surface area contributed by atoms with Crippen LogP contribution in [0.2, 0.25) is 0 Å². The molecule has 1 aliphatic carbocycles. The van der Waals surface area contributed by atoms with Crippen molar-refractivity contribution in [1.82, 2.24) is 20.4 Å². The molecule has 0 amide bonds. The fraction of sp³-hybridized carbons (Fsp3) is 0.778. The van der Waals surface area contributed by atoms with Gasteiger partial charge in [-0.15, -0.1) is 0 Å². The van der Waals surface area contributed by atoms with Crippen molar-refractivity contribution in [2.75, 3.05) is 19.6 Å². The van der Waals surface area contributed by atoms with Crippen molar-refractivity contribution in [1.29, 1.82) is 0 Å². The molecule has 1 aliphatic rings. The summed E-state index contributed by atoms with van der Waals surface area (Å²) < 4.78 is 1.70. The van der Waals surface area contributed by atoms with E-state index in [1.165, 1.54) is 25.7 Å². The monoisotopic (exact) mass is 335 g/mol. The lowest BCUT2D eigenvalue weighted by Crippen LogP contribution is -2.41. The van der Waals surface area contributed by atoms with Crippen LogP contribution in [0.4, 0.5) is 0 Å². The number of nitrogens with one attached hydrogen (secondary N) is 2. The standard InChI is InChI=1S/C18H33N5O/c1-5-19-17(20-10-15-8-6-14(2)7-9-15)21-13-18(3,24)16-11-22-23(4)12-16/h11-12,14-15,24H,5-10,13H2,1-4H3,(H2,19,20,21). The van der Waals surface area contributed by atoms with Crippen molar-refractivity contribution >= 4 is 5.96 Å². The second kappa shape index (κ2) is 8.51. The van der Waals surface area contributed by atoms with Crippen LogP contribution in [0.15, 0.2) is 17.4 Å². The summed E-state index contributed by atoms with van der Waals surface area (Å²) in [4.78, 5) is 4.58. The van der Waals surface area contributed by atoms with Crippen LogP contribution in [0.3, 0.4) is 0 Å². The zero-order valence-electron chi connectivity index (χ0n) is 15.5. The topological polar surface area (TPSA) is 74.5 Å². The Morgan fingerprint density at radius 3 is 2.67 bits per heavy atom. The van der Waals surface area contributed by atoms with Crippen LogP contribution in [-0.4, -0.2) is 40.5 Å². The number of hydrogen-bond donors (Lipinski definition) is 3. The zero-order valence-corrected chi connectivity index (χ0v) is 15.5. The number of rotatable bonds is 6. The maximum atomic E-state index is 10.6. The molecule has 0 saturated heterocycles. The number of aliphatic imine (C=N–C) groups is 1. The van der Waals surface area contributed by atoms with Crippen molar-refractivity contribution in [2.24, 2.45) is 23.9 Å². The fourth-order valence-corrected chi connectivity index (χ4v) is 3.14. The molecule has 6 nitrogen and oxygen atoms in total. The highest BCUT2D eigenvalue weighted by atomic mass is 16.3. The lowest BCUT2D eigenvalue weighted by Gasteiger charge is -2.27. The van der Waals surface area contributed by atoms with Gasteiger partial charge in [0.2, 0.25) is 0 Å². The van der Waals surface area contributed by atoms with Gasteiger partial charge >= 0.3 is 0 Å². The maximum absolute atomic E-state index is 10.6. The molecule has 0 bridgehead atoms. The lowest BCUT2D eigenvalue weighted by atomic mass is 9.83. The van der Waals surface area contributed by atoms with E-state index >= 15 is 0 Å². The molecule has 0 spiro atoms. The normalized spacial score (nSPS) is 24.5. The van der Waals surface area contributed by atoms with Crippen LogP contribution in [-0.2, 0) is 12.6 Å². The van der Waals surface area contributed by atoms with Gasteiger partial charge < -0.3 is 15.7 Å². The second-order valence-corrected chi connectivity index (χ2v) is 7.38. The third kappa shape index (κ3) is 5.51. The van der Waals surface area contributed by atoms with Crippen LogP contribution >= 0.6 is 0 Å². The average molecular weight is 335 g/mol. The summed E-state index contributed by atoms with van der Waals surface area (Å²) in [6.45, 7) is 8.24. The van der Waals surface area contributed by atoms with Gasteiger partial charge in [0.1, 0.15) is 5.60 Å². The molecule has 6 heteroatoms. The molecular formula is C18H33N5O. The minimum absolute atomic E-state index is 0.301. The number of aryl methyl sites for hydroxylation is 1. The minimum atomic E-state index is -1.02. The maximum Gasteiger partial charge on any atom is 0.191 e. The lowest BCUT2D eigenvalue weighted by molar-refractivity contribution is 0.0671. The van der Waals surface area contributed by atoms with Crippen LogP contribution in [0.5, 0.6) is 0 Å². The second-order valence-electron chi connectivity index (χ2n) is 7.38. The molecule has 24 heavy (non-hydrogen) atoms. The van der Waals surface area contributed by atoms with Crippen molar-refractivity contribution in [3.8, 4) is 0 Å². The van der Waals surface area contributed by atoms with E-state index in [-0.39, 0.29) is 0 Å². The predicted octanol–water partition coefficient (Wildman–Crippen LogP) is 2.01. The first kappa shape index (κ1) is 18.8. The quantitative estimate of drug-likeness (QED) is 0.549. The third-order valence-corrected chi connectivity index (χ3v) is 4.91. The highest BCUT2D eigenvalue weighted by Crippen LogP contribution is 2.27. The molecule has 1 fully saturated rings. The van der Waals surface area contributed by atoms with E-state index in [1.807, 2.05) is 13.2 Å². The van der Waals surface area contributed by atoms with E-state index in [0.29, 0.717) is 6.54 Å². The summed E-state index contributed by atoms with van der Waals surface area (Å²) in [7, 11) is 1.85. The number of guanidine groups is 1. The number of nitrogens with zero attached hydrogens (tertiary/aromatic N) is 3. The van der Waals surface area contributed by atoms with Crippen molar-refractivity contribution in [2.45, 2.75) is 52.1 Å². The number of aromatic nitrogens is 2. The van der Waals surface area contributed by atoms with E-state index in [2.05, 4.69) is 34.6 Å². The summed E-state index contributed by atoms with van der Waals surface area (Å²) in [6.07, 6.45) is 8.77. The van der Waals surface area contributed by atoms with E-state index in [4.69, 9.17) is 0 Å². The summed E-state index contributed by atoms with van der Waals surface area (Å²) in [6, 6.07) is 0. The molecule has 1 aromatic rings. The first-order chi connectivity index (χ1) is 11.4. The van der Waals surface area contributed by atoms with E-state index in [1.54, 1.807) is 17.8 Å². The van der Waals surface area contributed by atoms with E-state index in [9.17, 15) is 5.11 Å². The van der Waals surface area contributed by atoms with Gasteiger partial charge in [-0.3, -0.25) is 4.68 Å². The van der Waals surface area contributed by atoms with Crippen LogP contribution in [0.25, 0.3) is 0 Å². The molecule has 1 saturated carbocycles. The zero-order chi connectivity index (χ0) is 17.6. The molecule has 1 heterocycles. The first-order valence-electron chi connectivity index (χ1n) is 9.14. The van der Waals surface area contributed by atoms with Crippen molar-refractivity contribution in [3.05, 3.63) is 18.0 Å². The molecule has 0 radical (unpaired) electrons. The molecule has 3 N–H and O–H groups in total. The van der Waals surface area contributed by atoms with Gasteiger partial charge in [-0.25, -0.2) is 4.99 Å². The molecular weight excluding hydrogens is 302 g/mol. The fourth-order valence-electron chi connectivity index (χ4n) is 3.14. The molecule has 1 unspecified atom stereocenters. The third-order valence-electron chi connectivity index (χ3n) is 4.91. The molecule has 2 rings (SSSR count). The summed E-state index contributed by atoms with van der Waals surface area (Å²) >= 11 is 0. The Hall–Kier alpha value is -1.56. The predicted molar refractivity (Wildman–Crippen MR) is 97.9 cm³/mol. The minimum Gasteiger partial charge on any atom is -0.383 e. The van der Waals surface area contributed by atoms with Gasteiger partial charge in [-0.1, -0.05) is 19.8 Å². The largest absolute Gasteiger partial charge is 0.383 e. The van der Waals surface area contributed by atoms with Crippen molar-refractivity contribution in [3.63, 3.8) is 0 Å². The number of aliphatic hydroxyl groups is 1. The highest BCUT2D eigenvalue weighted by molar-refractivity contribution is 5.79. The van der Waals surface area contributed by atoms with Gasteiger partial charge in [0.05, 0.1) is 12.7 Å². The summed E-state index contributed by atoms with van der Waals surface area (Å²) in [5.74, 6) is 2.38. The summed E-state index contributed by atoms with van der Waals surface area (Å²) in [5, 5.41) is 21.5. The highest BCUT2D eigenvalue weighted by Gasteiger charge is 2.25. The Kier molecular flexibility index (Phi) is 6.66. The molecule has 0 aromatic carbocycles. The van der Waals surface area contributed by atoms with Crippen LogP contribution in [0, 0.1) is 11.8 Å². The average Bonchev–Trinajstić information content (AvgIpc) is 2.99.